The Kier molecular flexibility index (Phi) is 4.26. The van der Waals surface area contributed by atoms with E-state index in [1.807, 2.05) is 13.0 Å². The summed E-state index contributed by atoms with van der Waals surface area (Å²) in [4.78, 5) is 17.0. The van der Waals surface area contributed by atoms with Crippen LogP contribution in [0.2, 0.25) is 5.02 Å². The molecular formula is C14H16ClN5O. The monoisotopic (exact) mass is 305 g/mol. The Bertz CT molecular complexity index is 631. The molecule has 1 aliphatic heterocycles. The van der Waals surface area contributed by atoms with Gasteiger partial charge in [0.25, 0.3) is 0 Å². The van der Waals surface area contributed by atoms with Crippen molar-refractivity contribution < 1.29 is 4.74 Å². The van der Waals surface area contributed by atoms with Gasteiger partial charge in [0, 0.05) is 25.5 Å². The van der Waals surface area contributed by atoms with Crippen LogP contribution < -0.4 is 5.32 Å². The van der Waals surface area contributed by atoms with E-state index < -0.39 is 0 Å². The second kappa shape index (κ2) is 6.32. The molecule has 1 saturated heterocycles. The summed E-state index contributed by atoms with van der Waals surface area (Å²) in [6.45, 7) is 3.37. The van der Waals surface area contributed by atoms with Crippen molar-refractivity contribution in [3.05, 3.63) is 29.4 Å². The third kappa shape index (κ3) is 3.46. The van der Waals surface area contributed by atoms with Crippen LogP contribution in [0.1, 0.15) is 18.7 Å². The van der Waals surface area contributed by atoms with Crippen molar-refractivity contribution in [3.8, 4) is 11.4 Å². The van der Waals surface area contributed by atoms with Crippen LogP contribution in [0.15, 0.2) is 18.6 Å². The van der Waals surface area contributed by atoms with Gasteiger partial charge in [-0.25, -0.2) is 19.9 Å². The van der Waals surface area contributed by atoms with E-state index in [1.54, 1.807) is 6.20 Å². The predicted molar refractivity (Wildman–Crippen MR) is 80.3 cm³/mol. The predicted octanol–water partition coefficient (Wildman–Crippen LogP) is 2.49. The SMILES string of the molecule is Cc1ncnc(-c2cc(Cl)cnc2NC2CCOCC2)n1. The van der Waals surface area contributed by atoms with Crippen LogP contribution in [0.4, 0.5) is 5.82 Å². The van der Waals surface area contributed by atoms with Crippen molar-refractivity contribution in [1.82, 2.24) is 19.9 Å². The minimum atomic E-state index is 0.342. The highest BCUT2D eigenvalue weighted by molar-refractivity contribution is 6.30. The van der Waals surface area contributed by atoms with Crippen molar-refractivity contribution in [2.45, 2.75) is 25.8 Å². The average Bonchev–Trinajstić information content (AvgIpc) is 2.50. The summed E-state index contributed by atoms with van der Waals surface area (Å²) < 4.78 is 5.37. The molecule has 0 atom stereocenters. The van der Waals surface area contributed by atoms with Gasteiger partial charge in [-0.05, 0) is 25.8 Å². The Morgan fingerprint density at radius 1 is 1.24 bits per heavy atom. The molecule has 2 aromatic heterocycles. The summed E-state index contributed by atoms with van der Waals surface area (Å²) in [5.74, 6) is 1.99. The maximum atomic E-state index is 6.07. The molecule has 110 valence electrons. The first kappa shape index (κ1) is 14.2. The standard InChI is InChI=1S/C14H16ClN5O/c1-9-17-8-18-14(19-9)12-6-10(15)7-16-13(12)20-11-2-4-21-5-3-11/h6-8,11H,2-5H2,1H3,(H,16,20). The van der Waals surface area contributed by atoms with Crippen molar-refractivity contribution in [2.75, 3.05) is 18.5 Å². The van der Waals surface area contributed by atoms with Crippen molar-refractivity contribution in [3.63, 3.8) is 0 Å². The molecule has 0 radical (unpaired) electrons. The van der Waals surface area contributed by atoms with Gasteiger partial charge in [-0.15, -0.1) is 0 Å². The van der Waals surface area contributed by atoms with Crippen LogP contribution in [0.3, 0.4) is 0 Å². The number of aromatic nitrogens is 4. The van der Waals surface area contributed by atoms with Gasteiger partial charge in [-0.3, -0.25) is 0 Å². The Morgan fingerprint density at radius 2 is 2.05 bits per heavy atom. The van der Waals surface area contributed by atoms with Gasteiger partial charge in [-0.1, -0.05) is 11.6 Å². The van der Waals surface area contributed by atoms with Crippen LogP contribution in [0, 0.1) is 6.92 Å². The molecule has 6 nitrogen and oxygen atoms in total. The summed E-state index contributed by atoms with van der Waals surface area (Å²) in [6, 6.07) is 2.17. The lowest BCUT2D eigenvalue weighted by Gasteiger charge is -2.24. The molecule has 0 amide bonds. The number of ether oxygens (including phenoxy) is 1. The molecule has 0 aliphatic carbocycles. The molecule has 3 heterocycles. The van der Waals surface area contributed by atoms with Crippen molar-refractivity contribution in [2.24, 2.45) is 0 Å². The molecule has 7 heteroatoms. The molecule has 1 fully saturated rings. The van der Waals surface area contributed by atoms with Crippen LogP contribution in [-0.2, 0) is 4.74 Å². The highest BCUT2D eigenvalue weighted by Crippen LogP contribution is 2.27. The van der Waals surface area contributed by atoms with Gasteiger partial charge in [0.1, 0.15) is 18.0 Å². The molecule has 21 heavy (non-hydrogen) atoms. The fourth-order valence-corrected chi connectivity index (χ4v) is 2.43. The fourth-order valence-electron chi connectivity index (χ4n) is 2.27. The molecule has 0 spiro atoms. The normalized spacial score (nSPS) is 15.9. The second-order valence-corrected chi connectivity index (χ2v) is 5.37. The summed E-state index contributed by atoms with van der Waals surface area (Å²) in [7, 11) is 0. The van der Waals surface area contributed by atoms with Crippen LogP contribution >= 0.6 is 11.6 Å². The van der Waals surface area contributed by atoms with Gasteiger partial charge >= 0.3 is 0 Å². The first-order valence-electron chi connectivity index (χ1n) is 6.88. The summed E-state index contributed by atoms with van der Waals surface area (Å²) in [5, 5.41) is 4.00. The van der Waals surface area contributed by atoms with Gasteiger partial charge in [0.05, 0.1) is 10.6 Å². The van der Waals surface area contributed by atoms with Gasteiger partial charge in [0.2, 0.25) is 0 Å². The minimum absolute atomic E-state index is 0.342. The quantitative estimate of drug-likeness (QED) is 0.939. The molecule has 3 rings (SSSR count). The van der Waals surface area contributed by atoms with Gasteiger partial charge in [0.15, 0.2) is 5.82 Å². The molecule has 2 aromatic rings. The topological polar surface area (TPSA) is 72.8 Å². The number of halogens is 1. The summed E-state index contributed by atoms with van der Waals surface area (Å²) in [5.41, 5.74) is 0.791. The lowest BCUT2D eigenvalue weighted by Crippen LogP contribution is -2.28. The number of rotatable bonds is 3. The molecule has 1 N–H and O–H groups in total. The van der Waals surface area contributed by atoms with Gasteiger partial charge < -0.3 is 10.1 Å². The Morgan fingerprint density at radius 3 is 2.81 bits per heavy atom. The van der Waals surface area contributed by atoms with Crippen molar-refractivity contribution in [1.29, 1.82) is 0 Å². The van der Waals surface area contributed by atoms with Crippen LogP contribution in [0.5, 0.6) is 0 Å². The maximum absolute atomic E-state index is 6.07. The van der Waals surface area contributed by atoms with Crippen LogP contribution in [-0.4, -0.2) is 39.2 Å². The highest BCUT2D eigenvalue weighted by atomic mass is 35.5. The zero-order valence-electron chi connectivity index (χ0n) is 11.7. The fraction of sp³-hybridized carbons (Fsp3) is 0.429. The largest absolute Gasteiger partial charge is 0.381 e. The number of pyridine rings is 1. The summed E-state index contributed by atoms with van der Waals surface area (Å²) >= 11 is 6.07. The van der Waals surface area contributed by atoms with E-state index in [2.05, 4.69) is 25.3 Å². The Labute approximate surface area is 128 Å². The number of nitrogens with one attached hydrogen (secondary N) is 1. The Balaban J connectivity index is 1.92. The van der Waals surface area contributed by atoms with Crippen molar-refractivity contribution >= 4 is 17.4 Å². The first-order valence-corrected chi connectivity index (χ1v) is 7.26. The van der Waals surface area contributed by atoms with E-state index in [4.69, 9.17) is 16.3 Å². The molecule has 0 bridgehead atoms. The Hall–Kier alpha value is -1.79. The van der Waals surface area contributed by atoms with E-state index >= 15 is 0 Å². The zero-order chi connectivity index (χ0) is 14.7. The second-order valence-electron chi connectivity index (χ2n) is 4.94. The molecule has 1 aliphatic rings. The number of hydrogen-bond donors (Lipinski definition) is 1. The number of aryl methyl sites for hydroxylation is 1. The van der Waals surface area contributed by atoms with E-state index in [0.717, 1.165) is 37.4 Å². The molecule has 0 saturated carbocycles. The number of nitrogens with zero attached hydrogens (tertiary/aromatic N) is 4. The van der Waals surface area contributed by atoms with E-state index in [-0.39, 0.29) is 0 Å². The van der Waals surface area contributed by atoms with E-state index in [9.17, 15) is 0 Å². The third-order valence-corrected chi connectivity index (χ3v) is 3.56. The zero-order valence-corrected chi connectivity index (χ0v) is 12.5. The lowest BCUT2D eigenvalue weighted by molar-refractivity contribution is 0.0904. The van der Waals surface area contributed by atoms with E-state index in [0.29, 0.717) is 22.7 Å². The number of hydrogen-bond acceptors (Lipinski definition) is 6. The molecule has 0 unspecified atom stereocenters. The van der Waals surface area contributed by atoms with Crippen LogP contribution in [0.25, 0.3) is 11.4 Å². The maximum Gasteiger partial charge on any atom is 0.166 e. The first-order chi connectivity index (χ1) is 10.2. The highest BCUT2D eigenvalue weighted by Gasteiger charge is 2.17. The third-order valence-electron chi connectivity index (χ3n) is 3.35. The average molecular weight is 306 g/mol. The van der Waals surface area contributed by atoms with E-state index in [1.165, 1.54) is 6.33 Å². The summed E-state index contributed by atoms with van der Waals surface area (Å²) in [6.07, 6.45) is 5.04. The lowest BCUT2D eigenvalue weighted by atomic mass is 10.1. The minimum Gasteiger partial charge on any atom is -0.381 e. The van der Waals surface area contributed by atoms with Gasteiger partial charge in [-0.2, -0.15) is 0 Å². The number of anilines is 1. The smallest absolute Gasteiger partial charge is 0.166 e. The molecule has 0 aromatic carbocycles. The molecular weight excluding hydrogens is 290 g/mol.